The van der Waals surface area contributed by atoms with Crippen LogP contribution in [-0.4, -0.2) is 37.4 Å². The summed E-state index contributed by atoms with van der Waals surface area (Å²) < 4.78 is 38.3. The lowest BCUT2D eigenvalue weighted by molar-refractivity contribution is -0.0172. The fraction of sp³-hybridized carbons (Fsp3) is 0.348. The molecule has 4 rings (SSSR count). The summed E-state index contributed by atoms with van der Waals surface area (Å²) in [5.41, 5.74) is 3.48. The highest BCUT2D eigenvalue weighted by Gasteiger charge is 2.16. The average Bonchev–Trinajstić information content (AvgIpc) is 3.15. The van der Waals surface area contributed by atoms with Gasteiger partial charge in [0.05, 0.1) is 6.61 Å². The Kier molecular flexibility index (Phi) is 6.66. The molecule has 31 heavy (non-hydrogen) atoms. The summed E-state index contributed by atoms with van der Waals surface area (Å²) in [7, 11) is 0. The maximum Gasteiger partial charge on any atom is 0.191 e. The van der Waals surface area contributed by atoms with E-state index < -0.39 is 0 Å². The van der Waals surface area contributed by atoms with Crippen LogP contribution in [0, 0.1) is 11.6 Å². The van der Waals surface area contributed by atoms with Crippen LogP contribution in [0.4, 0.5) is 8.78 Å². The molecule has 2 heterocycles. The summed E-state index contributed by atoms with van der Waals surface area (Å²) in [4.78, 5) is 7.77. The van der Waals surface area contributed by atoms with Crippen LogP contribution in [0.1, 0.15) is 23.6 Å². The van der Waals surface area contributed by atoms with Gasteiger partial charge in [0.1, 0.15) is 17.4 Å². The highest BCUT2D eigenvalue weighted by Crippen LogP contribution is 2.29. The Morgan fingerprint density at radius 2 is 2.00 bits per heavy atom. The molecule has 0 atom stereocenters. The van der Waals surface area contributed by atoms with Crippen molar-refractivity contribution >= 4 is 16.9 Å². The molecule has 8 heteroatoms. The zero-order valence-corrected chi connectivity index (χ0v) is 17.4. The normalized spacial score (nSPS) is 13.7. The molecule has 0 bridgehead atoms. The SMILES string of the molecule is CCNC(=NCCc1cc(F)cc2c1OCOC2)NCCc1c[nH]c2ccc(F)cc12. The van der Waals surface area contributed by atoms with E-state index in [1.54, 1.807) is 12.1 Å². The Labute approximate surface area is 179 Å². The minimum Gasteiger partial charge on any atom is -0.467 e. The zero-order chi connectivity index (χ0) is 21.6. The highest BCUT2D eigenvalue weighted by atomic mass is 19.1. The molecule has 3 N–H and O–H groups in total. The number of benzene rings is 2. The van der Waals surface area contributed by atoms with Gasteiger partial charge in [0, 0.05) is 42.3 Å². The molecule has 0 saturated carbocycles. The van der Waals surface area contributed by atoms with E-state index in [0.29, 0.717) is 37.8 Å². The molecule has 0 aliphatic carbocycles. The number of ether oxygens (including phenoxy) is 2. The van der Waals surface area contributed by atoms with Crippen molar-refractivity contribution in [2.45, 2.75) is 26.4 Å². The van der Waals surface area contributed by atoms with Crippen LogP contribution in [0.25, 0.3) is 10.9 Å². The first kappa shape index (κ1) is 21.1. The largest absolute Gasteiger partial charge is 0.467 e. The average molecular weight is 428 g/mol. The van der Waals surface area contributed by atoms with Gasteiger partial charge >= 0.3 is 0 Å². The van der Waals surface area contributed by atoms with Crippen LogP contribution < -0.4 is 15.4 Å². The first-order valence-corrected chi connectivity index (χ1v) is 10.4. The van der Waals surface area contributed by atoms with Crippen LogP contribution in [0.5, 0.6) is 5.75 Å². The lowest BCUT2D eigenvalue weighted by Gasteiger charge is -2.20. The molecule has 6 nitrogen and oxygen atoms in total. The molecule has 2 aromatic carbocycles. The molecule has 1 aliphatic heterocycles. The molecule has 0 spiro atoms. The summed E-state index contributed by atoms with van der Waals surface area (Å²) in [6, 6.07) is 7.69. The van der Waals surface area contributed by atoms with E-state index in [-0.39, 0.29) is 18.4 Å². The lowest BCUT2D eigenvalue weighted by Crippen LogP contribution is -2.38. The van der Waals surface area contributed by atoms with E-state index in [0.717, 1.165) is 40.6 Å². The highest BCUT2D eigenvalue weighted by molar-refractivity contribution is 5.83. The number of halogens is 2. The van der Waals surface area contributed by atoms with Gasteiger partial charge < -0.3 is 25.1 Å². The molecule has 0 unspecified atom stereocenters. The third kappa shape index (κ3) is 5.14. The predicted molar refractivity (Wildman–Crippen MR) is 116 cm³/mol. The number of nitrogens with one attached hydrogen (secondary N) is 3. The van der Waals surface area contributed by atoms with Crippen LogP contribution >= 0.6 is 0 Å². The van der Waals surface area contributed by atoms with Gasteiger partial charge in [-0.2, -0.15) is 0 Å². The Morgan fingerprint density at radius 3 is 2.87 bits per heavy atom. The number of fused-ring (bicyclic) bond motifs is 2. The molecule has 1 aromatic heterocycles. The molecule has 0 amide bonds. The van der Waals surface area contributed by atoms with Crippen molar-refractivity contribution in [3.63, 3.8) is 0 Å². The molecule has 0 fully saturated rings. The van der Waals surface area contributed by atoms with Crippen molar-refractivity contribution in [1.82, 2.24) is 15.6 Å². The second-order valence-corrected chi connectivity index (χ2v) is 7.36. The van der Waals surface area contributed by atoms with E-state index in [2.05, 4.69) is 20.6 Å². The van der Waals surface area contributed by atoms with Gasteiger partial charge in [-0.3, -0.25) is 4.99 Å². The van der Waals surface area contributed by atoms with Crippen LogP contribution in [0.2, 0.25) is 0 Å². The monoisotopic (exact) mass is 428 g/mol. The number of rotatable bonds is 7. The fourth-order valence-corrected chi connectivity index (χ4v) is 3.75. The smallest absolute Gasteiger partial charge is 0.191 e. The van der Waals surface area contributed by atoms with Crippen LogP contribution in [0.15, 0.2) is 41.5 Å². The van der Waals surface area contributed by atoms with Crippen molar-refractivity contribution in [1.29, 1.82) is 0 Å². The Hall–Kier alpha value is -3.13. The number of aromatic amines is 1. The summed E-state index contributed by atoms with van der Waals surface area (Å²) in [5.74, 6) is 0.841. The van der Waals surface area contributed by atoms with Gasteiger partial charge in [-0.25, -0.2) is 8.78 Å². The Balaban J connectivity index is 1.36. The van der Waals surface area contributed by atoms with Crippen molar-refractivity contribution in [3.05, 3.63) is 64.9 Å². The lowest BCUT2D eigenvalue weighted by atomic mass is 10.1. The van der Waals surface area contributed by atoms with Crippen molar-refractivity contribution in [3.8, 4) is 5.75 Å². The summed E-state index contributed by atoms with van der Waals surface area (Å²) in [6.45, 7) is 4.37. The number of H-pyrrole nitrogens is 1. The number of aromatic nitrogens is 1. The van der Waals surface area contributed by atoms with Crippen molar-refractivity contribution < 1.29 is 18.3 Å². The fourth-order valence-electron chi connectivity index (χ4n) is 3.75. The van der Waals surface area contributed by atoms with Gasteiger partial charge in [-0.15, -0.1) is 0 Å². The van der Waals surface area contributed by atoms with Crippen molar-refractivity contribution in [2.24, 2.45) is 4.99 Å². The first-order chi connectivity index (χ1) is 15.1. The molecule has 1 aliphatic rings. The Morgan fingerprint density at radius 1 is 1.10 bits per heavy atom. The van der Waals surface area contributed by atoms with Gasteiger partial charge in [-0.05, 0) is 61.2 Å². The van der Waals surface area contributed by atoms with Crippen LogP contribution in [0.3, 0.4) is 0 Å². The van der Waals surface area contributed by atoms with E-state index in [1.807, 2.05) is 13.1 Å². The molecule has 0 saturated heterocycles. The van der Waals surface area contributed by atoms with Gasteiger partial charge in [0.2, 0.25) is 0 Å². The van der Waals surface area contributed by atoms with Gasteiger partial charge in [0.15, 0.2) is 12.8 Å². The number of nitrogens with zero attached hydrogens (tertiary/aromatic N) is 1. The maximum absolute atomic E-state index is 13.9. The van der Waals surface area contributed by atoms with Crippen molar-refractivity contribution in [2.75, 3.05) is 26.4 Å². The predicted octanol–water partition coefficient (Wildman–Crippen LogP) is 3.65. The third-order valence-corrected chi connectivity index (χ3v) is 5.16. The quantitative estimate of drug-likeness (QED) is 0.397. The van der Waals surface area contributed by atoms with Crippen LogP contribution in [-0.2, 0) is 24.2 Å². The molecular weight excluding hydrogens is 402 g/mol. The second kappa shape index (κ2) is 9.78. The topological polar surface area (TPSA) is 70.7 Å². The first-order valence-electron chi connectivity index (χ1n) is 10.4. The third-order valence-electron chi connectivity index (χ3n) is 5.16. The molecule has 164 valence electrons. The van der Waals surface area contributed by atoms with E-state index >= 15 is 0 Å². The zero-order valence-electron chi connectivity index (χ0n) is 17.4. The number of hydrogen-bond acceptors (Lipinski definition) is 3. The standard InChI is InChI=1S/C23H26F2N4O2/c1-2-26-23(28-8-6-16-12-29-21-4-3-18(24)11-20(16)21)27-7-5-15-9-19(25)10-17-13-30-14-31-22(15)17/h3-4,9-12,29H,2,5-8,13-14H2,1H3,(H2,26,27,28). The minimum absolute atomic E-state index is 0.177. The maximum atomic E-state index is 13.9. The number of hydrogen-bond donors (Lipinski definition) is 3. The summed E-state index contributed by atoms with van der Waals surface area (Å²) in [5, 5.41) is 7.41. The molecular formula is C23H26F2N4O2. The summed E-state index contributed by atoms with van der Waals surface area (Å²) >= 11 is 0. The summed E-state index contributed by atoms with van der Waals surface area (Å²) in [6.07, 6.45) is 3.18. The molecule has 3 aromatic rings. The Bertz CT molecular complexity index is 1080. The van der Waals surface area contributed by atoms with Gasteiger partial charge in [0.25, 0.3) is 0 Å². The number of aliphatic imine (C=N–C) groups is 1. The molecule has 0 radical (unpaired) electrons. The number of guanidine groups is 1. The van der Waals surface area contributed by atoms with E-state index in [4.69, 9.17) is 9.47 Å². The second-order valence-electron chi connectivity index (χ2n) is 7.36. The van der Waals surface area contributed by atoms with E-state index in [9.17, 15) is 8.78 Å². The minimum atomic E-state index is -0.299. The van der Waals surface area contributed by atoms with E-state index in [1.165, 1.54) is 18.2 Å². The van der Waals surface area contributed by atoms with Gasteiger partial charge in [-0.1, -0.05) is 0 Å².